The molecule has 10 heteroatoms. The first-order valence-electron chi connectivity index (χ1n) is 5.27. The van der Waals surface area contributed by atoms with Crippen molar-refractivity contribution in [1.29, 1.82) is 0 Å². The Morgan fingerprint density at radius 1 is 1.35 bits per heavy atom. The number of benzene rings is 1. The van der Waals surface area contributed by atoms with Gasteiger partial charge in [0, 0.05) is 0 Å². The van der Waals surface area contributed by atoms with Gasteiger partial charge in [-0.15, -0.1) is 0 Å². The molecule has 2 aromatic rings. The third kappa shape index (κ3) is 3.18. The number of fused-ring (bicyclic) bond motifs is 1. The van der Waals surface area contributed by atoms with Crippen molar-refractivity contribution in [3.05, 3.63) is 17.2 Å². The number of carbonyl (C=O) groups excluding carboxylic acids is 2. The van der Waals surface area contributed by atoms with Gasteiger partial charge in [-0.25, -0.2) is 0 Å². The van der Waals surface area contributed by atoms with Gasteiger partial charge < -0.3 is 16.4 Å². The molecule has 7 nitrogen and oxygen atoms in total. The van der Waals surface area contributed by atoms with Crippen molar-refractivity contribution in [1.82, 2.24) is 14.1 Å². The molecule has 0 bridgehead atoms. The van der Waals surface area contributed by atoms with E-state index < -0.39 is 11.8 Å². The first-order chi connectivity index (χ1) is 9.49. The Kier molecular flexibility index (Phi) is 4.42. The van der Waals surface area contributed by atoms with Crippen LogP contribution in [0.25, 0.3) is 11.0 Å². The zero-order valence-electron chi connectivity index (χ0n) is 9.84. The topological polar surface area (TPSA) is 110 Å². The molecule has 0 fully saturated rings. The number of nitrogens with two attached hydrogens (primary N) is 1. The standard InChI is InChI=1S/C10H8ClN5O2S2/c11-4-1-2-5-8(16-20-15-5)7(4)14-10(18)9(17)13-3-6(12)19/h1-2H,3H2,(H2,12,19)(H,13,17)(H,14,18). The molecule has 0 atom stereocenters. The second-order valence-corrected chi connectivity index (χ2v) is 5.12. The van der Waals surface area contributed by atoms with Crippen molar-refractivity contribution >= 4 is 69.1 Å². The Hall–Kier alpha value is -1.84. The summed E-state index contributed by atoms with van der Waals surface area (Å²) in [7, 11) is 0. The number of amides is 2. The first-order valence-corrected chi connectivity index (χ1v) is 6.79. The summed E-state index contributed by atoms with van der Waals surface area (Å²) in [5, 5.41) is 4.93. The number of hydrogen-bond donors (Lipinski definition) is 3. The van der Waals surface area contributed by atoms with Gasteiger partial charge >= 0.3 is 11.8 Å². The lowest BCUT2D eigenvalue weighted by Gasteiger charge is -2.07. The zero-order chi connectivity index (χ0) is 14.7. The van der Waals surface area contributed by atoms with E-state index in [0.29, 0.717) is 11.0 Å². The fraction of sp³-hybridized carbons (Fsp3) is 0.100. The summed E-state index contributed by atoms with van der Waals surface area (Å²) >= 11 is 11.6. The van der Waals surface area contributed by atoms with E-state index in [1.165, 1.54) is 0 Å². The van der Waals surface area contributed by atoms with Gasteiger partial charge in [0.25, 0.3) is 0 Å². The summed E-state index contributed by atoms with van der Waals surface area (Å²) in [5.41, 5.74) is 6.48. The summed E-state index contributed by atoms with van der Waals surface area (Å²) in [6, 6.07) is 3.23. The van der Waals surface area contributed by atoms with Crippen LogP contribution in [0.15, 0.2) is 12.1 Å². The minimum absolute atomic E-state index is 0.0578. The Balaban J connectivity index is 2.17. The van der Waals surface area contributed by atoms with E-state index in [0.717, 1.165) is 11.7 Å². The zero-order valence-corrected chi connectivity index (χ0v) is 12.2. The minimum atomic E-state index is -0.886. The van der Waals surface area contributed by atoms with Crippen LogP contribution in [-0.4, -0.2) is 32.1 Å². The maximum atomic E-state index is 11.7. The number of anilines is 1. The van der Waals surface area contributed by atoms with Crippen LogP contribution in [-0.2, 0) is 9.59 Å². The quantitative estimate of drug-likeness (QED) is 0.564. The van der Waals surface area contributed by atoms with Crippen LogP contribution in [0.2, 0.25) is 5.02 Å². The molecule has 20 heavy (non-hydrogen) atoms. The summed E-state index contributed by atoms with van der Waals surface area (Å²) < 4.78 is 8.04. The second kappa shape index (κ2) is 6.07. The summed E-state index contributed by atoms with van der Waals surface area (Å²) in [5.74, 6) is -1.75. The molecule has 2 amide bonds. The number of carbonyl (C=O) groups is 2. The number of aromatic nitrogens is 2. The Morgan fingerprint density at radius 3 is 2.80 bits per heavy atom. The lowest BCUT2D eigenvalue weighted by molar-refractivity contribution is -0.135. The van der Waals surface area contributed by atoms with Gasteiger partial charge in [-0.2, -0.15) is 8.75 Å². The van der Waals surface area contributed by atoms with Gasteiger partial charge in [0.05, 0.1) is 34.0 Å². The molecular weight excluding hydrogens is 322 g/mol. The van der Waals surface area contributed by atoms with Crippen LogP contribution >= 0.6 is 35.5 Å². The molecule has 1 aromatic carbocycles. The van der Waals surface area contributed by atoms with Gasteiger partial charge in [-0.3, -0.25) is 9.59 Å². The maximum Gasteiger partial charge on any atom is 0.313 e. The van der Waals surface area contributed by atoms with Crippen LogP contribution in [0.3, 0.4) is 0 Å². The highest BCUT2D eigenvalue weighted by molar-refractivity contribution is 7.80. The summed E-state index contributed by atoms with van der Waals surface area (Å²) in [6.45, 7) is -0.0578. The molecule has 0 spiro atoms. The van der Waals surface area contributed by atoms with Gasteiger partial charge in [0.2, 0.25) is 0 Å². The molecule has 0 aliphatic carbocycles. The summed E-state index contributed by atoms with van der Waals surface area (Å²) in [4.78, 5) is 23.3. The van der Waals surface area contributed by atoms with Crippen LogP contribution in [0, 0.1) is 0 Å². The molecule has 2 rings (SSSR count). The Morgan fingerprint density at radius 2 is 2.10 bits per heavy atom. The molecule has 1 heterocycles. The largest absolute Gasteiger partial charge is 0.392 e. The molecular formula is C10H8ClN5O2S2. The number of thiocarbonyl (C=S) groups is 1. The highest BCUT2D eigenvalue weighted by Gasteiger charge is 2.18. The van der Waals surface area contributed by atoms with E-state index in [1.807, 2.05) is 0 Å². The van der Waals surface area contributed by atoms with Gasteiger partial charge in [-0.05, 0) is 12.1 Å². The number of nitrogens with zero attached hydrogens (tertiary/aromatic N) is 2. The van der Waals surface area contributed by atoms with Crippen molar-refractivity contribution in [3.63, 3.8) is 0 Å². The van der Waals surface area contributed by atoms with Crippen LogP contribution in [0.5, 0.6) is 0 Å². The predicted octanol–water partition coefficient (Wildman–Crippen LogP) is 0.685. The average Bonchev–Trinajstić information content (AvgIpc) is 2.87. The van der Waals surface area contributed by atoms with Crippen molar-refractivity contribution in [3.8, 4) is 0 Å². The number of rotatable bonds is 3. The molecule has 0 unspecified atom stereocenters. The molecule has 0 saturated carbocycles. The highest BCUT2D eigenvalue weighted by atomic mass is 35.5. The normalized spacial score (nSPS) is 10.2. The van der Waals surface area contributed by atoms with Crippen molar-refractivity contribution in [2.75, 3.05) is 11.9 Å². The second-order valence-electron chi connectivity index (χ2n) is 3.66. The molecule has 1 aromatic heterocycles. The summed E-state index contributed by atoms with van der Waals surface area (Å²) in [6.07, 6.45) is 0. The van der Waals surface area contributed by atoms with Crippen molar-refractivity contribution < 1.29 is 9.59 Å². The highest BCUT2D eigenvalue weighted by Crippen LogP contribution is 2.29. The fourth-order valence-electron chi connectivity index (χ4n) is 1.36. The van der Waals surface area contributed by atoms with E-state index in [9.17, 15) is 9.59 Å². The third-order valence-corrected chi connectivity index (χ3v) is 3.25. The van der Waals surface area contributed by atoms with E-state index in [4.69, 9.17) is 17.3 Å². The number of halogens is 1. The molecule has 0 aliphatic heterocycles. The van der Waals surface area contributed by atoms with Gasteiger partial charge in [-0.1, -0.05) is 23.8 Å². The smallest absolute Gasteiger partial charge is 0.313 e. The Bertz CT molecular complexity index is 702. The third-order valence-electron chi connectivity index (χ3n) is 2.25. The van der Waals surface area contributed by atoms with Gasteiger partial charge in [0.1, 0.15) is 11.0 Å². The predicted molar refractivity (Wildman–Crippen MR) is 80.8 cm³/mol. The van der Waals surface area contributed by atoms with E-state index in [2.05, 4.69) is 31.6 Å². The van der Waals surface area contributed by atoms with Crippen LogP contribution < -0.4 is 16.4 Å². The molecule has 0 saturated heterocycles. The van der Waals surface area contributed by atoms with E-state index in [1.54, 1.807) is 12.1 Å². The Labute approximate surface area is 127 Å². The molecule has 0 aliphatic rings. The van der Waals surface area contributed by atoms with Crippen LogP contribution in [0.4, 0.5) is 5.69 Å². The number of nitrogens with one attached hydrogen (secondary N) is 2. The monoisotopic (exact) mass is 329 g/mol. The first kappa shape index (κ1) is 14.6. The number of hydrogen-bond acceptors (Lipinski definition) is 6. The van der Waals surface area contributed by atoms with Crippen LogP contribution in [0.1, 0.15) is 0 Å². The lowest BCUT2D eigenvalue weighted by Crippen LogP contribution is -2.39. The fourth-order valence-corrected chi connectivity index (χ4v) is 2.18. The maximum absolute atomic E-state index is 11.7. The molecule has 4 N–H and O–H groups in total. The SMILES string of the molecule is NC(=S)CNC(=O)C(=O)Nc1c(Cl)ccc2nsnc12. The molecule has 0 radical (unpaired) electrons. The average molecular weight is 330 g/mol. The van der Waals surface area contributed by atoms with E-state index >= 15 is 0 Å². The van der Waals surface area contributed by atoms with Crippen molar-refractivity contribution in [2.24, 2.45) is 5.73 Å². The lowest BCUT2D eigenvalue weighted by atomic mass is 10.2. The minimum Gasteiger partial charge on any atom is -0.392 e. The van der Waals surface area contributed by atoms with Crippen molar-refractivity contribution in [2.45, 2.75) is 0 Å². The molecule has 104 valence electrons. The van der Waals surface area contributed by atoms with E-state index in [-0.39, 0.29) is 22.2 Å². The van der Waals surface area contributed by atoms with Gasteiger partial charge in [0.15, 0.2) is 0 Å².